The van der Waals surface area contributed by atoms with Gasteiger partial charge in [-0.2, -0.15) is 5.26 Å². The van der Waals surface area contributed by atoms with E-state index in [2.05, 4.69) is 21.4 Å². The lowest BCUT2D eigenvalue weighted by molar-refractivity contribution is 0.102. The summed E-state index contributed by atoms with van der Waals surface area (Å²) in [6.45, 7) is 4.14. The Morgan fingerprint density at radius 2 is 2.12 bits per heavy atom. The first-order valence-electron chi connectivity index (χ1n) is 8.55. The van der Waals surface area contributed by atoms with Gasteiger partial charge in [0, 0.05) is 22.9 Å². The molecule has 4 rings (SSSR count). The van der Waals surface area contributed by atoms with Gasteiger partial charge >= 0.3 is 0 Å². The van der Waals surface area contributed by atoms with Gasteiger partial charge in [0.1, 0.15) is 11.8 Å². The van der Waals surface area contributed by atoms with E-state index in [9.17, 15) is 10.1 Å². The van der Waals surface area contributed by atoms with Crippen LogP contribution in [0.3, 0.4) is 0 Å². The number of carbonyl (C=O) groups excluding carboxylic acids is 1. The number of fused-ring (bicyclic) bond motifs is 1. The van der Waals surface area contributed by atoms with E-state index in [-0.39, 0.29) is 16.6 Å². The normalized spacial score (nSPS) is 15.2. The number of benzene rings is 1. The second-order valence-electron chi connectivity index (χ2n) is 6.77. The quantitative estimate of drug-likeness (QED) is 0.886. The van der Waals surface area contributed by atoms with Crippen molar-refractivity contribution in [2.24, 2.45) is 10.9 Å². The van der Waals surface area contributed by atoms with Crippen LogP contribution < -0.4 is 5.32 Å². The average molecular weight is 365 g/mol. The lowest BCUT2D eigenvalue weighted by atomic mass is 10.0. The summed E-state index contributed by atoms with van der Waals surface area (Å²) in [4.78, 5) is 21.6. The number of hydrogen-bond donors (Lipinski definition) is 1. The Kier molecular flexibility index (Phi) is 4.01. The molecule has 130 valence electrons. The van der Waals surface area contributed by atoms with Crippen LogP contribution in [0, 0.1) is 31.1 Å². The van der Waals surface area contributed by atoms with Crippen molar-refractivity contribution in [3.05, 3.63) is 56.9 Å². The highest BCUT2D eigenvalue weighted by molar-refractivity contribution is 6.35. The second kappa shape index (κ2) is 6.22. The summed E-state index contributed by atoms with van der Waals surface area (Å²) in [5.74, 6) is 0.190. The smallest absolute Gasteiger partial charge is 0.275 e. The lowest BCUT2D eigenvalue weighted by Crippen LogP contribution is -2.16. The van der Waals surface area contributed by atoms with Gasteiger partial charge in [-0.25, -0.2) is 4.98 Å². The van der Waals surface area contributed by atoms with Crippen LogP contribution in [0.15, 0.2) is 23.2 Å². The molecule has 6 heteroatoms. The number of hydrogen-bond acceptors (Lipinski definition) is 4. The van der Waals surface area contributed by atoms with Crippen molar-refractivity contribution in [1.82, 2.24) is 4.98 Å². The number of amides is 1. The topological polar surface area (TPSA) is 78.1 Å². The van der Waals surface area contributed by atoms with Gasteiger partial charge in [-0.15, -0.1) is 0 Å². The molecule has 0 unspecified atom stereocenters. The number of aryl methyl sites for hydroxylation is 1. The highest BCUT2D eigenvalue weighted by atomic mass is 35.5. The van der Waals surface area contributed by atoms with E-state index in [1.807, 2.05) is 18.2 Å². The highest BCUT2D eigenvalue weighted by Crippen LogP contribution is 2.38. The number of rotatable bonds is 3. The van der Waals surface area contributed by atoms with Gasteiger partial charge in [0.25, 0.3) is 5.91 Å². The highest BCUT2D eigenvalue weighted by Gasteiger charge is 2.32. The first-order valence-corrected chi connectivity index (χ1v) is 8.93. The Balaban J connectivity index is 1.63. The van der Waals surface area contributed by atoms with Crippen LogP contribution >= 0.6 is 11.6 Å². The molecule has 1 N–H and O–H groups in total. The average Bonchev–Trinajstić information content (AvgIpc) is 3.38. The molecular weight excluding hydrogens is 348 g/mol. The molecule has 2 aromatic rings. The fraction of sp³-hybridized carbons (Fsp3) is 0.300. The molecule has 1 aromatic heterocycles. The summed E-state index contributed by atoms with van der Waals surface area (Å²) < 4.78 is 0. The maximum Gasteiger partial charge on any atom is 0.275 e. The third kappa shape index (κ3) is 2.77. The summed E-state index contributed by atoms with van der Waals surface area (Å²) in [7, 11) is 0. The van der Waals surface area contributed by atoms with Gasteiger partial charge in [0.05, 0.1) is 22.8 Å². The van der Waals surface area contributed by atoms with Crippen LogP contribution in [0.2, 0.25) is 5.02 Å². The molecule has 2 heterocycles. The van der Waals surface area contributed by atoms with E-state index >= 15 is 0 Å². The zero-order valence-electron chi connectivity index (χ0n) is 14.6. The first kappa shape index (κ1) is 16.7. The number of aliphatic imine (C=N–C) groups is 1. The minimum Gasteiger partial charge on any atom is -0.321 e. The van der Waals surface area contributed by atoms with Gasteiger partial charge in [0.15, 0.2) is 0 Å². The fourth-order valence-electron chi connectivity index (χ4n) is 3.33. The number of halogens is 1. The molecule has 1 fully saturated rings. The lowest BCUT2D eigenvalue weighted by Gasteiger charge is -2.12. The van der Waals surface area contributed by atoms with Crippen molar-refractivity contribution in [1.29, 1.82) is 5.26 Å². The molecule has 2 aliphatic rings. The zero-order valence-corrected chi connectivity index (χ0v) is 15.3. The fourth-order valence-corrected chi connectivity index (χ4v) is 3.55. The Labute approximate surface area is 156 Å². The molecule has 1 saturated carbocycles. The Morgan fingerprint density at radius 3 is 2.81 bits per heavy atom. The number of nitrogens with one attached hydrogen (secondary N) is 1. The van der Waals surface area contributed by atoms with E-state index in [1.54, 1.807) is 13.8 Å². The Hall–Kier alpha value is -2.71. The molecule has 0 atom stereocenters. The van der Waals surface area contributed by atoms with Crippen LogP contribution in [0.1, 0.15) is 51.3 Å². The van der Waals surface area contributed by atoms with Crippen molar-refractivity contribution < 1.29 is 4.79 Å². The standard InChI is InChI=1S/C20H17ClN4O/c1-10-16(8-22)11(2)24-19(17(10)21)20(26)25-14-6-5-13-9-23-18(12-3-4-12)15(13)7-14/h5-7,12H,3-4,9H2,1-2H3,(H,25,26). The van der Waals surface area contributed by atoms with Crippen LogP contribution in [0.5, 0.6) is 0 Å². The van der Waals surface area contributed by atoms with Crippen molar-refractivity contribution in [2.45, 2.75) is 33.2 Å². The summed E-state index contributed by atoms with van der Waals surface area (Å²) in [5.41, 5.74) is 5.81. The van der Waals surface area contributed by atoms with Crippen molar-refractivity contribution >= 4 is 28.9 Å². The summed E-state index contributed by atoms with van der Waals surface area (Å²) in [5, 5.41) is 12.3. The number of pyridine rings is 1. The molecule has 1 aliphatic carbocycles. The van der Waals surface area contributed by atoms with E-state index in [4.69, 9.17) is 11.6 Å². The van der Waals surface area contributed by atoms with Crippen LogP contribution in [0.4, 0.5) is 5.69 Å². The van der Waals surface area contributed by atoms with Crippen molar-refractivity contribution in [3.63, 3.8) is 0 Å². The molecule has 0 saturated heterocycles. The van der Waals surface area contributed by atoms with Gasteiger partial charge in [-0.3, -0.25) is 9.79 Å². The maximum atomic E-state index is 12.7. The van der Waals surface area contributed by atoms with Gasteiger partial charge in [-0.1, -0.05) is 17.7 Å². The van der Waals surface area contributed by atoms with Crippen LogP contribution in [-0.4, -0.2) is 16.6 Å². The SMILES string of the molecule is Cc1nc(C(=O)Nc2ccc3c(c2)C(C2CC2)=NC3)c(Cl)c(C)c1C#N. The molecule has 1 aromatic carbocycles. The summed E-state index contributed by atoms with van der Waals surface area (Å²) >= 11 is 6.28. The Morgan fingerprint density at radius 1 is 1.35 bits per heavy atom. The number of nitriles is 1. The van der Waals surface area contributed by atoms with E-state index < -0.39 is 0 Å². The first-order chi connectivity index (χ1) is 12.5. The largest absolute Gasteiger partial charge is 0.321 e. The van der Waals surface area contributed by atoms with Crippen LogP contribution in [-0.2, 0) is 6.54 Å². The maximum absolute atomic E-state index is 12.7. The van der Waals surface area contributed by atoms with E-state index in [0.29, 0.717) is 28.4 Å². The number of anilines is 1. The number of aromatic nitrogens is 1. The minimum atomic E-state index is -0.381. The predicted molar refractivity (Wildman–Crippen MR) is 101 cm³/mol. The van der Waals surface area contributed by atoms with E-state index in [0.717, 1.165) is 17.8 Å². The van der Waals surface area contributed by atoms with Crippen molar-refractivity contribution in [3.8, 4) is 6.07 Å². The van der Waals surface area contributed by atoms with E-state index in [1.165, 1.54) is 18.4 Å². The minimum absolute atomic E-state index is 0.136. The molecule has 26 heavy (non-hydrogen) atoms. The molecular formula is C20H17ClN4O. The Bertz CT molecular complexity index is 1020. The van der Waals surface area contributed by atoms with Crippen LogP contribution in [0.25, 0.3) is 0 Å². The van der Waals surface area contributed by atoms with Gasteiger partial charge in [-0.05, 0) is 49.9 Å². The molecule has 0 bridgehead atoms. The molecule has 1 aliphatic heterocycles. The molecule has 0 spiro atoms. The molecule has 5 nitrogen and oxygen atoms in total. The van der Waals surface area contributed by atoms with Gasteiger partial charge < -0.3 is 5.32 Å². The third-order valence-electron chi connectivity index (χ3n) is 4.91. The third-order valence-corrected chi connectivity index (χ3v) is 5.37. The predicted octanol–water partition coefficient (Wildman–Crippen LogP) is 4.19. The van der Waals surface area contributed by atoms with Crippen molar-refractivity contribution in [2.75, 3.05) is 5.32 Å². The summed E-state index contributed by atoms with van der Waals surface area (Å²) in [6, 6.07) is 7.94. The number of carbonyl (C=O) groups is 1. The molecule has 0 radical (unpaired) electrons. The zero-order chi connectivity index (χ0) is 18.4. The second-order valence-corrected chi connectivity index (χ2v) is 7.15. The number of nitrogens with zero attached hydrogens (tertiary/aromatic N) is 3. The van der Waals surface area contributed by atoms with Gasteiger partial charge in [0.2, 0.25) is 0 Å². The summed E-state index contributed by atoms with van der Waals surface area (Å²) in [6.07, 6.45) is 2.39. The molecule has 1 amide bonds. The monoisotopic (exact) mass is 364 g/mol.